The molecular formula is C17H12F5N3OS. The predicted molar refractivity (Wildman–Crippen MR) is 91.8 cm³/mol. The van der Waals surface area contributed by atoms with Crippen molar-refractivity contribution in [3.8, 4) is 0 Å². The van der Waals surface area contributed by atoms with E-state index in [-0.39, 0.29) is 22.1 Å². The molecule has 0 aliphatic heterocycles. The molecule has 1 amide bonds. The Morgan fingerprint density at radius 1 is 1.15 bits per heavy atom. The third-order valence-corrected chi connectivity index (χ3v) is 4.52. The van der Waals surface area contributed by atoms with Gasteiger partial charge in [0.25, 0.3) is 0 Å². The van der Waals surface area contributed by atoms with Crippen LogP contribution in [0.4, 0.5) is 27.6 Å². The van der Waals surface area contributed by atoms with Crippen molar-refractivity contribution in [3.63, 3.8) is 0 Å². The second-order valence-corrected chi connectivity index (χ2v) is 6.39. The molecule has 3 aromatic rings. The first kappa shape index (κ1) is 19.2. The van der Waals surface area contributed by atoms with Crippen molar-refractivity contribution in [3.05, 3.63) is 54.1 Å². The van der Waals surface area contributed by atoms with E-state index in [0.717, 1.165) is 23.9 Å². The quantitative estimate of drug-likeness (QED) is 0.473. The maximum Gasteiger partial charge on any atom is 0.416 e. The highest BCUT2D eigenvalue weighted by Gasteiger charge is 2.30. The van der Waals surface area contributed by atoms with Crippen molar-refractivity contribution < 1.29 is 26.7 Å². The number of benzene rings is 2. The molecule has 27 heavy (non-hydrogen) atoms. The van der Waals surface area contributed by atoms with E-state index in [4.69, 9.17) is 0 Å². The minimum absolute atomic E-state index is 0.0298. The Morgan fingerprint density at radius 3 is 2.59 bits per heavy atom. The van der Waals surface area contributed by atoms with Gasteiger partial charge in [-0.25, -0.2) is 4.98 Å². The Kier molecular flexibility index (Phi) is 5.36. The zero-order chi connectivity index (χ0) is 19.6. The predicted octanol–water partition coefficient (Wildman–Crippen LogP) is 5.18. The number of nitrogens with one attached hydrogen (secondary N) is 1. The molecule has 0 spiro atoms. The molecule has 4 nitrogen and oxygen atoms in total. The molecule has 3 rings (SSSR count). The van der Waals surface area contributed by atoms with Crippen LogP contribution in [0, 0.1) is 0 Å². The molecule has 10 heteroatoms. The van der Waals surface area contributed by atoms with Gasteiger partial charge in [-0.3, -0.25) is 9.36 Å². The van der Waals surface area contributed by atoms with Crippen LogP contribution in [0.5, 0.6) is 0 Å². The molecule has 2 aromatic carbocycles. The van der Waals surface area contributed by atoms with Crippen molar-refractivity contribution in [1.82, 2.24) is 9.55 Å². The third-order valence-electron chi connectivity index (χ3n) is 3.56. The van der Waals surface area contributed by atoms with Crippen molar-refractivity contribution in [1.29, 1.82) is 0 Å². The number of alkyl halides is 5. The summed E-state index contributed by atoms with van der Waals surface area (Å²) in [7, 11) is 0. The third kappa shape index (κ3) is 4.38. The Morgan fingerprint density at radius 2 is 1.89 bits per heavy atom. The van der Waals surface area contributed by atoms with E-state index >= 15 is 0 Å². The van der Waals surface area contributed by atoms with Crippen molar-refractivity contribution in [2.45, 2.75) is 17.9 Å². The van der Waals surface area contributed by atoms with E-state index in [1.165, 1.54) is 18.2 Å². The molecule has 0 atom stereocenters. The van der Waals surface area contributed by atoms with Gasteiger partial charge in [0.2, 0.25) is 5.91 Å². The van der Waals surface area contributed by atoms with Crippen LogP contribution in [-0.4, -0.2) is 21.2 Å². The Bertz CT molecular complexity index is 971. The number of carbonyl (C=O) groups is 1. The van der Waals surface area contributed by atoms with E-state index in [1.807, 2.05) is 0 Å². The number of rotatable bonds is 5. The maximum atomic E-state index is 13.3. The molecule has 0 aliphatic carbocycles. The Balaban J connectivity index is 1.71. The SMILES string of the molecule is O=C(CSc1nc2ccccc2n1C(F)F)Nc1cccc(C(F)(F)F)c1. The zero-order valence-corrected chi connectivity index (χ0v) is 14.3. The first-order chi connectivity index (χ1) is 12.8. The molecule has 142 valence electrons. The summed E-state index contributed by atoms with van der Waals surface area (Å²) in [4.78, 5) is 16.1. The van der Waals surface area contributed by atoms with Gasteiger partial charge in [0.15, 0.2) is 5.16 Å². The number of hydrogen-bond donors (Lipinski definition) is 1. The number of hydrogen-bond acceptors (Lipinski definition) is 3. The minimum atomic E-state index is -4.53. The standard InChI is InChI=1S/C17H12F5N3OS/c18-15(19)25-13-7-2-1-6-12(13)24-16(25)27-9-14(26)23-11-5-3-4-10(8-11)17(20,21)22/h1-8,15H,9H2,(H,23,26). The van der Waals surface area contributed by atoms with Gasteiger partial charge in [0.05, 0.1) is 22.3 Å². The number of amides is 1. The molecule has 0 radical (unpaired) electrons. The van der Waals surface area contributed by atoms with Crippen molar-refractivity contribution >= 4 is 34.4 Å². The fraction of sp³-hybridized carbons (Fsp3) is 0.176. The minimum Gasteiger partial charge on any atom is -0.325 e. The second-order valence-electron chi connectivity index (χ2n) is 5.45. The number of anilines is 1. The fourth-order valence-electron chi connectivity index (χ4n) is 2.41. The normalized spacial score (nSPS) is 11.9. The molecule has 0 fully saturated rings. The summed E-state index contributed by atoms with van der Waals surface area (Å²) in [6.07, 6.45) is -4.53. The average molecular weight is 401 g/mol. The molecule has 1 N–H and O–H groups in total. The van der Waals surface area contributed by atoms with Crippen molar-refractivity contribution in [2.24, 2.45) is 0 Å². The molecular weight excluding hydrogens is 389 g/mol. The summed E-state index contributed by atoms with van der Waals surface area (Å²) in [5.74, 6) is -0.918. The average Bonchev–Trinajstić information content (AvgIpc) is 2.98. The van der Waals surface area contributed by atoms with Crippen LogP contribution in [0.15, 0.2) is 53.7 Å². The van der Waals surface area contributed by atoms with Crippen LogP contribution in [0.2, 0.25) is 0 Å². The number of carbonyl (C=O) groups excluding carboxylic acids is 1. The maximum absolute atomic E-state index is 13.3. The molecule has 0 saturated carbocycles. The fourth-order valence-corrected chi connectivity index (χ4v) is 3.23. The lowest BCUT2D eigenvalue weighted by Gasteiger charge is -2.10. The molecule has 0 aliphatic rings. The number of para-hydroxylation sites is 2. The largest absolute Gasteiger partial charge is 0.416 e. The summed E-state index contributed by atoms with van der Waals surface area (Å²) in [5.41, 5.74) is -0.336. The number of thioether (sulfide) groups is 1. The van der Waals surface area contributed by atoms with E-state index < -0.39 is 24.2 Å². The molecule has 1 heterocycles. The molecule has 0 bridgehead atoms. The highest BCUT2D eigenvalue weighted by Crippen LogP contribution is 2.31. The lowest BCUT2D eigenvalue weighted by Crippen LogP contribution is -2.15. The van der Waals surface area contributed by atoms with Gasteiger partial charge in [-0.15, -0.1) is 0 Å². The number of nitrogens with zero attached hydrogens (tertiary/aromatic N) is 2. The van der Waals surface area contributed by atoms with Gasteiger partial charge >= 0.3 is 12.7 Å². The highest BCUT2D eigenvalue weighted by molar-refractivity contribution is 7.99. The number of fused-ring (bicyclic) bond motifs is 1. The van der Waals surface area contributed by atoms with Gasteiger partial charge in [0.1, 0.15) is 0 Å². The van der Waals surface area contributed by atoms with E-state index in [0.29, 0.717) is 10.1 Å². The van der Waals surface area contributed by atoms with Gasteiger partial charge < -0.3 is 5.32 Å². The van der Waals surface area contributed by atoms with E-state index in [1.54, 1.807) is 18.2 Å². The van der Waals surface area contributed by atoms with Crippen LogP contribution in [0.1, 0.15) is 12.1 Å². The summed E-state index contributed by atoms with van der Waals surface area (Å²) in [5, 5.41) is 2.27. The lowest BCUT2D eigenvalue weighted by atomic mass is 10.2. The van der Waals surface area contributed by atoms with Crippen LogP contribution >= 0.6 is 11.8 Å². The monoisotopic (exact) mass is 401 g/mol. The highest BCUT2D eigenvalue weighted by atomic mass is 32.2. The smallest absolute Gasteiger partial charge is 0.325 e. The Hall–Kier alpha value is -2.62. The Labute approximate surface area is 154 Å². The molecule has 0 unspecified atom stereocenters. The molecule has 0 saturated heterocycles. The summed E-state index contributed by atoms with van der Waals surface area (Å²) < 4.78 is 65.4. The second kappa shape index (κ2) is 7.55. The van der Waals surface area contributed by atoms with E-state index in [2.05, 4.69) is 10.3 Å². The van der Waals surface area contributed by atoms with Crippen LogP contribution in [-0.2, 0) is 11.0 Å². The topological polar surface area (TPSA) is 46.9 Å². The van der Waals surface area contributed by atoms with Gasteiger partial charge in [-0.1, -0.05) is 30.0 Å². The number of halogens is 5. The van der Waals surface area contributed by atoms with E-state index in [9.17, 15) is 26.7 Å². The number of imidazole rings is 1. The lowest BCUT2D eigenvalue weighted by molar-refractivity contribution is -0.137. The van der Waals surface area contributed by atoms with Crippen LogP contribution in [0.25, 0.3) is 11.0 Å². The van der Waals surface area contributed by atoms with Crippen molar-refractivity contribution in [2.75, 3.05) is 11.1 Å². The van der Waals surface area contributed by atoms with Gasteiger partial charge in [0, 0.05) is 5.69 Å². The summed E-state index contributed by atoms with van der Waals surface area (Å²) >= 11 is 0.776. The van der Waals surface area contributed by atoms with Gasteiger partial charge in [-0.05, 0) is 30.3 Å². The zero-order valence-electron chi connectivity index (χ0n) is 13.5. The summed E-state index contributed by atoms with van der Waals surface area (Å²) in [6, 6.07) is 10.5. The first-order valence-electron chi connectivity index (χ1n) is 7.61. The van der Waals surface area contributed by atoms with Crippen LogP contribution < -0.4 is 5.32 Å². The molecule has 1 aromatic heterocycles. The first-order valence-corrected chi connectivity index (χ1v) is 8.59. The van der Waals surface area contributed by atoms with Crippen LogP contribution in [0.3, 0.4) is 0 Å². The van der Waals surface area contributed by atoms with Gasteiger partial charge in [-0.2, -0.15) is 22.0 Å². The number of aromatic nitrogens is 2. The summed E-state index contributed by atoms with van der Waals surface area (Å²) in [6.45, 7) is -2.84.